The summed E-state index contributed by atoms with van der Waals surface area (Å²) in [4.78, 5) is 17.3. The summed E-state index contributed by atoms with van der Waals surface area (Å²) in [5.74, 6) is -0.380. The zero-order valence-corrected chi connectivity index (χ0v) is 18.0. The predicted octanol–water partition coefficient (Wildman–Crippen LogP) is 5.28. The number of nitrogens with zero attached hydrogens (tertiary/aromatic N) is 2. The fraction of sp³-hybridized carbons (Fsp3) is 0.269. The van der Waals surface area contributed by atoms with E-state index in [1.807, 2.05) is 64.4 Å². The zero-order valence-electron chi connectivity index (χ0n) is 18.0. The van der Waals surface area contributed by atoms with Crippen LogP contribution >= 0.6 is 0 Å². The number of carbonyl (C=O) groups excluding carboxylic acids is 1. The topological polar surface area (TPSA) is 32.8 Å². The number of benzene rings is 3. The molecule has 0 atom stereocenters. The van der Waals surface area contributed by atoms with Gasteiger partial charge in [0.1, 0.15) is 17.4 Å². The molecule has 0 N–H and O–H groups in total. The Morgan fingerprint density at radius 2 is 1.56 bits per heavy atom. The molecule has 0 spiro atoms. The smallest absolute Gasteiger partial charge is 0.258 e. The molecule has 0 aromatic heterocycles. The molecule has 1 aliphatic rings. The fourth-order valence-electron chi connectivity index (χ4n) is 4.20. The number of likely N-dealkylation sites (tertiary alicyclic amines) is 1. The first kappa shape index (κ1) is 22.0. The van der Waals surface area contributed by atoms with E-state index in [9.17, 15) is 13.6 Å². The molecule has 1 amide bonds. The first-order chi connectivity index (χ1) is 15.6. The normalized spacial score (nSPS) is 14.8. The summed E-state index contributed by atoms with van der Waals surface area (Å²) in [7, 11) is 1.61. The maximum absolute atomic E-state index is 14.1. The number of halogens is 2. The minimum absolute atomic E-state index is 0.0159. The molecule has 1 aliphatic heterocycles. The van der Waals surface area contributed by atoms with Crippen molar-refractivity contribution >= 4 is 11.6 Å². The highest BCUT2D eigenvalue weighted by atomic mass is 19.1. The van der Waals surface area contributed by atoms with Crippen molar-refractivity contribution in [3.63, 3.8) is 0 Å². The van der Waals surface area contributed by atoms with Gasteiger partial charge in [0.15, 0.2) is 0 Å². The van der Waals surface area contributed by atoms with Crippen molar-refractivity contribution in [3.05, 3.63) is 95.6 Å². The lowest BCUT2D eigenvalue weighted by atomic mass is 10.00. The van der Waals surface area contributed by atoms with Crippen LogP contribution < -0.4 is 9.64 Å². The molecule has 4 nitrogen and oxygen atoms in total. The lowest BCUT2D eigenvalue weighted by Crippen LogP contribution is -2.47. The highest BCUT2D eigenvalue weighted by Crippen LogP contribution is 2.28. The molecule has 3 aromatic carbocycles. The van der Waals surface area contributed by atoms with Gasteiger partial charge in [-0.3, -0.25) is 9.69 Å². The summed E-state index contributed by atoms with van der Waals surface area (Å²) in [6.45, 7) is 1.51. The molecule has 6 heteroatoms. The number of hydrogen-bond donors (Lipinski definition) is 0. The van der Waals surface area contributed by atoms with Crippen LogP contribution in [0.15, 0.2) is 72.8 Å². The van der Waals surface area contributed by atoms with Gasteiger partial charge in [0, 0.05) is 42.5 Å². The molecule has 1 heterocycles. The number of carbonyl (C=O) groups is 1. The van der Waals surface area contributed by atoms with E-state index < -0.39 is 11.6 Å². The first-order valence-corrected chi connectivity index (χ1v) is 10.7. The molecule has 1 saturated heterocycles. The van der Waals surface area contributed by atoms with Gasteiger partial charge in [-0.25, -0.2) is 8.78 Å². The van der Waals surface area contributed by atoms with Gasteiger partial charge in [0.2, 0.25) is 0 Å². The van der Waals surface area contributed by atoms with Crippen molar-refractivity contribution in [1.29, 1.82) is 0 Å². The highest BCUT2D eigenvalue weighted by Gasteiger charge is 2.30. The van der Waals surface area contributed by atoms with Crippen LogP contribution in [0.5, 0.6) is 5.75 Å². The summed E-state index contributed by atoms with van der Waals surface area (Å²) in [6, 6.07) is 20.6. The standard InChI is InChI=1S/C26H26F2N2O2/c1-32-22-12-10-20(11-13-22)30(26(31)19-6-3-2-4-7-19)21-14-16-29(17-15-21)18-23-24(27)8-5-9-25(23)28/h2-13,21H,14-18H2,1H3. The van der Waals surface area contributed by atoms with E-state index >= 15 is 0 Å². The van der Waals surface area contributed by atoms with Crippen LogP contribution in [0.1, 0.15) is 28.8 Å². The van der Waals surface area contributed by atoms with Gasteiger partial charge < -0.3 is 9.64 Å². The van der Waals surface area contributed by atoms with Crippen molar-refractivity contribution in [2.75, 3.05) is 25.1 Å². The molecular formula is C26H26F2N2O2. The van der Waals surface area contributed by atoms with Crippen LogP contribution in [0, 0.1) is 11.6 Å². The van der Waals surface area contributed by atoms with Crippen molar-refractivity contribution in [3.8, 4) is 5.75 Å². The Morgan fingerprint density at radius 1 is 0.938 bits per heavy atom. The fourth-order valence-corrected chi connectivity index (χ4v) is 4.20. The number of rotatable bonds is 6. The third kappa shape index (κ3) is 4.81. The molecule has 1 fully saturated rings. The minimum Gasteiger partial charge on any atom is -0.497 e. The number of amides is 1. The SMILES string of the molecule is COc1ccc(N(C(=O)c2ccccc2)C2CCN(Cc3c(F)cccc3F)CC2)cc1. The molecule has 166 valence electrons. The van der Waals surface area contributed by atoms with Crippen molar-refractivity contribution in [1.82, 2.24) is 4.90 Å². The van der Waals surface area contributed by atoms with E-state index in [1.165, 1.54) is 18.2 Å². The summed E-state index contributed by atoms with van der Waals surface area (Å²) >= 11 is 0. The van der Waals surface area contributed by atoms with Gasteiger partial charge in [-0.2, -0.15) is 0 Å². The van der Waals surface area contributed by atoms with Gasteiger partial charge in [-0.15, -0.1) is 0 Å². The van der Waals surface area contributed by atoms with E-state index in [2.05, 4.69) is 0 Å². The first-order valence-electron chi connectivity index (χ1n) is 10.7. The Kier molecular flexibility index (Phi) is 6.81. The maximum atomic E-state index is 14.1. The summed E-state index contributed by atoms with van der Waals surface area (Å²) < 4.78 is 33.4. The Hall–Kier alpha value is -3.25. The largest absolute Gasteiger partial charge is 0.497 e. The molecule has 0 saturated carbocycles. The Morgan fingerprint density at radius 3 is 2.16 bits per heavy atom. The van der Waals surface area contributed by atoms with Crippen molar-refractivity contribution < 1.29 is 18.3 Å². The molecule has 0 aliphatic carbocycles. The number of methoxy groups -OCH3 is 1. The lowest BCUT2D eigenvalue weighted by molar-refractivity contribution is 0.0958. The monoisotopic (exact) mass is 436 g/mol. The van der Waals surface area contributed by atoms with Gasteiger partial charge in [-0.1, -0.05) is 24.3 Å². The number of ether oxygens (including phenoxy) is 1. The summed E-state index contributed by atoms with van der Waals surface area (Å²) in [5.41, 5.74) is 1.52. The average Bonchev–Trinajstić information content (AvgIpc) is 2.83. The van der Waals surface area contributed by atoms with Crippen LogP contribution in [0.3, 0.4) is 0 Å². The van der Waals surface area contributed by atoms with Crippen molar-refractivity contribution in [2.45, 2.75) is 25.4 Å². The van der Waals surface area contributed by atoms with E-state index in [0.29, 0.717) is 31.5 Å². The quantitative estimate of drug-likeness (QED) is 0.527. The van der Waals surface area contributed by atoms with Crippen LogP contribution in [-0.2, 0) is 6.54 Å². The van der Waals surface area contributed by atoms with Crippen LogP contribution in [0.25, 0.3) is 0 Å². The van der Waals surface area contributed by atoms with Crippen LogP contribution in [-0.4, -0.2) is 37.0 Å². The predicted molar refractivity (Wildman–Crippen MR) is 121 cm³/mol. The number of piperidine rings is 1. The second-order valence-electron chi connectivity index (χ2n) is 7.95. The van der Waals surface area contributed by atoms with Gasteiger partial charge >= 0.3 is 0 Å². The Labute approximate surface area is 187 Å². The third-order valence-electron chi connectivity index (χ3n) is 5.96. The van der Waals surface area contributed by atoms with Crippen LogP contribution in [0.4, 0.5) is 14.5 Å². The second-order valence-corrected chi connectivity index (χ2v) is 7.95. The van der Waals surface area contributed by atoms with Gasteiger partial charge in [0.05, 0.1) is 7.11 Å². The third-order valence-corrected chi connectivity index (χ3v) is 5.96. The molecule has 3 aromatic rings. The average molecular weight is 437 g/mol. The van der Waals surface area contributed by atoms with Crippen LogP contribution in [0.2, 0.25) is 0 Å². The second kappa shape index (κ2) is 9.92. The van der Waals surface area contributed by atoms with E-state index in [4.69, 9.17) is 4.74 Å². The molecule has 0 radical (unpaired) electrons. The maximum Gasteiger partial charge on any atom is 0.258 e. The van der Waals surface area contributed by atoms with E-state index in [-0.39, 0.29) is 24.1 Å². The molecule has 0 bridgehead atoms. The summed E-state index contributed by atoms with van der Waals surface area (Å²) in [6.07, 6.45) is 1.42. The number of hydrogen-bond acceptors (Lipinski definition) is 3. The lowest BCUT2D eigenvalue weighted by Gasteiger charge is -2.38. The van der Waals surface area contributed by atoms with Gasteiger partial charge in [0.25, 0.3) is 5.91 Å². The number of anilines is 1. The molecular weight excluding hydrogens is 410 g/mol. The highest BCUT2D eigenvalue weighted by molar-refractivity contribution is 6.06. The minimum atomic E-state index is -0.522. The molecule has 32 heavy (non-hydrogen) atoms. The zero-order chi connectivity index (χ0) is 22.5. The Bertz CT molecular complexity index is 1030. The van der Waals surface area contributed by atoms with Crippen molar-refractivity contribution in [2.24, 2.45) is 0 Å². The van der Waals surface area contributed by atoms with E-state index in [0.717, 1.165) is 11.4 Å². The Balaban J connectivity index is 1.52. The summed E-state index contributed by atoms with van der Waals surface area (Å²) in [5, 5.41) is 0. The molecule has 4 rings (SSSR count). The van der Waals surface area contributed by atoms with Gasteiger partial charge in [-0.05, 0) is 61.4 Å². The van der Waals surface area contributed by atoms with E-state index in [1.54, 1.807) is 7.11 Å². The molecule has 0 unspecified atom stereocenters.